The first-order chi connectivity index (χ1) is 14.9. The van der Waals surface area contributed by atoms with Gasteiger partial charge in [0.15, 0.2) is 0 Å². The maximum Gasteiger partial charge on any atom is 0.323 e. The summed E-state index contributed by atoms with van der Waals surface area (Å²) in [7, 11) is -2.45. The molecule has 0 radical (unpaired) electrons. The summed E-state index contributed by atoms with van der Waals surface area (Å²) in [6.45, 7) is 0. The van der Waals surface area contributed by atoms with E-state index in [1.54, 1.807) is 49.8 Å². The number of methoxy groups -OCH3 is 1. The number of rotatable bonds is 9. The van der Waals surface area contributed by atoms with E-state index in [2.05, 4.69) is 4.72 Å². The van der Waals surface area contributed by atoms with E-state index in [0.29, 0.717) is 0 Å². The number of nitrogens with one attached hydrogen (secondary N) is 1. The Kier molecular flexibility index (Phi) is 7.37. The van der Waals surface area contributed by atoms with E-state index < -0.39 is 27.3 Å². The number of sulfonamides is 1. The molecule has 0 aliphatic rings. The third kappa shape index (κ3) is 5.46. The smallest absolute Gasteiger partial charge is 0.323 e. The summed E-state index contributed by atoms with van der Waals surface area (Å²) in [5.74, 6) is -0.504. The maximum atomic E-state index is 12.9. The Morgan fingerprint density at radius 1 is 0.935 bits per heavy atom. The van der Waals surface area contributed by atoms with E-state index in [1.807, 2.05) is 30.3 Å². The van der Waals surface area contributed by atoms with Crippen molar-refractivity contribution in [3.8, 4) is 16.9 Å². The summed E-state index contributed by atoms with van der Waals surface area (Å²) in [6, 6.07) is 21.4. The molecule has 31 heavy (non-hydrogen) atoms. The highest BCUT2D eigenvalue weighted by atomic mass is 32.2. The van der Waals surface area contributed by atoms with Gasteiger partial charge in [-0.1, -0.05) is 54.6 Å². The van der Waals surface area contributed by atoms with Crippen LogP contribution in [0.2, 0.25) is 0 Å². The average molecular weight is 458 g/mol. The lowest BCUT2D eigenvalue weighted by atomic mass is 10.1. The number of hydrogen-bond acceptors (Lipinski definition) is 5. The van der Waals surface area contributed by atoms with Crippen LogP contribution in [0.25, 0.3) is 11.1 Å². The van der Waals surface area contributed by atoms with Crippen molar-refractivity contribution in [2.24, 2.45) is 0 Å². The molecule has 162 valence electrons. The van der Waals surface area contributed by atoms with Gasteiger partial charge in [-0.25, -0.2) is 8.42 Å². The number of thioether (sulfide) groups is 1. The van der Waals surface area contributed by atoms with E-state index in [4.69, 9.17) is 4.74 Å². The molecule has 2 atom stereocenters. The number of ether oxygens (including phenoxy) is 1. The van der Waals surface area contributed by atoms with Crippen molar-refractivity contribution in [1.29, 1.82) is 0 Å². The van der Waals surface area contributed by atoms with Crippen molar-refractivity contribution < 1.29 is 23.1 Å². The number of carboxylic acid groups (broad SMARTS) is 1. The Hall–Kier alpha value is -2.81. The summed E-state index contributed by atoms with van der Waals surface area (Å²) >= 11 is 1.28. The molecule has 0 spiro atoms. The molecule has 3 aromatic rings. The van der Waals surface area contributed by atoms with E-state index in [0.717, 1.165) is 22.4 Å². The largest absolute Gasteiger partial charge is 0.497 e. The Labute approximate surface area is 186 Å². The van der Waals surface area contributed by atoms with Gasteiger partial charge in [0.2, 0.25) is 10.0 Å². The van der Waals surface area contributed by atoms with Crippen LogP contribution in [-0.4, -0.2) is 38.9 Å². The molecule has 6 nitrogen and oxygen atoms in total. The molecular weight excluding hydrogens is 434 g/mol. The molecule has 3 rings (SSSR count). The van der Waals surface area contributed by atoms with Crippen molar-refractivity contribution >= 4 is 27.8 Å². The second kappa shape index (κ2) is 10.00. The molecule has 0 aromatic heterocycles. The van der Waals surface area contributed by atoms with Crippen LogP contribution in [-0.2, 0) is 14.8 Å². The van der Waals surface area contributed by atoms with Crippen LogP contribution in [0.1, 0.15) is 10.8 Å². The second-order valence-corrected chi connectivity index (χ2v) is 9.45. The van der Waals surface area contributed by atoms with E-state index in [-0.39, 0.29) is 4.90 Å². The zero-order chi connectivity index (χ0) is 22.4. The van der Waals surface area contributed by atoms with Crippen LogP contribution in [0.3, 0.4) is 0 Å². The summed E-state index contributed by atoms with van der Waals surface area (Å²) in [4.78, 5) is 11.9. The topological polar surface area (TPSA) is 92.7 Å². The second-order valence-electron chi connectivity index (χ2n) is 6.76. The lowest BCUT2D eigenvalue weighted by Crippen LogP contribution is -2.44. The van der Waals surface area contributed by atoms with Gasteiger partial charge in [-0.15, -0.1) is 0 Å². The van der Waals surface area contributed by atoms with E-state index in [1.165, 1.54) is 23.9 Å². The fourth-order valence-corrected chi connectivity index (χ4v) is 5.37. The molecule has 2 N–H and O–H groups in total. The van der Waals surface area contributed by atoms with Crippen LogP contribution in [0, 0.1) is 0 Å². The number of carboxylic acids is 1. The number of hydrogen-bond donors (Lipinski definition) is 2. The van der Waals surface area contributed by atoms with Gasteiger partial charge in [-0.2, -0.15) is 16.5 Å². The third-order valence-corrected chi connectivity index (χ3v) is 7.33. The molecule has 0 fully saturated rings. The van der Waals surface area contributed by atoms with Crippen LogP contribution < -0.4 is 9.46 Å². The highest BCUT2D eigenvalue weighted by molar-refractivity contribution is 7.99. The molecule has 0 heterocycles. The minimum Gasteiger partial charge on any atom is -0.497 e. The van der Waals surface area contributed by atoms with Crippen LogP contribution in [0.15, 0.2) is 83.8 Å². The quantitative estimate of drug-likeness (QED) is 0.500. The van der Waals surface area contributed by atoms with Crippen LogP contribution >= 0.6 is 11.8 Å². The molecule has 0 saturated carbocycles. The SMILES string of the molecule is COc1ccc(-c2ccc(S(=O)(=O)N[C@@H](C(=O)O)[C@H](SC)c3ccccc3)cc2)cc1. The van der Waals surface area contributed by atoms with Gasteiger partial charge in [-0.05, 0) is 47.2 Å². The Bertz CT molecular complexity index is 1110. The summed E-state index contributed by atoms with van der Waals surface area (Å²) in [6.07, 6.45) is 1.76. The Morgan fingerprint density at radius 3 is 1.97 bits per heavy atom. The van der Waals surface area contributed by atoms with E-state index in [9.17, 15) is 18.3 Å². The van der Waals surface area contributed by atoms with Gasteiger partial charge in [0.1, 0.15) is 11.8 Å². The van der Waals surface area contributed by atoms with Crippen LogP contribution in [0.5, 0.6) is 5.75 Å². The number of carbonyl (C=O) groups is 1. The first-order valence-electron chi connectivity index (χ1n) is 9.43. The Balaban J connectivity index is 1.84. The lowest BCUT2D eigenvalue weighted by molar-refractivity contribution is -0.139. The standard InChI is InChI=1S/C23H23NO5S2/c1-29-19-12-8-16(9-13-19)17-10-14-20(15-11-17)31(27,28)24-21(23(25)26)22(30-2)18-6-4-3-5-7-18/h3-15,21-22,24H,1-2H3,(H,25,26)/t21-,22-/m1/s1. The number of benzene rings is 3. The zero-order valence-electron chi connectivity index (χ0n) is 17.1. The first kappa shape index (κ1) is 22.9. The highest BCUT2D eigenvalue weighted by Crippen LogP contribution is 2.31. The molecule has 0 saturated heterocycles. The van der Waals surface area contributed by atoms with Gasteiger partial charge in [0, 0.05) is 0 Å². The molecule has 8 heteroatoms. The van der Waals surface area contributed by atoms with E-state index >= 15 is 0 Å². The summed E-state index contributed by atoms with van der Waals surface area (Å²) in [5, 5.41) is 9.15. The average Bonchev–Trinajstić information content (AvgIpc) is 2.79. The fourth-order valence-electron chi connectivity index (χ4n) is 3.19. The highest BCUT2D eigenvalue weighted by Gasteiger charge is 2.33. The normalized spacial score (nSPS) is 13.4. The van der Waals surface area contributed by atoms with Crippen molar-refractivity contribution in [3.63, 3.8) is 0 Å². The fraction of sp³-hybridized carbons (Fsp3) is 0.174. The third-order valence-electron chi connectivity index (χ3n) is 4.82. The molecule has 0 unspecified atom stereocenters. The van der Waals surface area contributed by atoms with Crippen molar-refractivity contribution in [2.75, 3.05) is 13.4 Å². The van der Waals surface area contributed by atoms with Crippen molar-refractivity contribution in [2.45, 2.75) is 16.2 Å². The predicted molar refractivity (Wildman–Crippen MR) is 123 cm³/mol. The minimum atomic E-state index is -4.04. The molecule has 0 aliphatic carbocycles. The van der Waals surface area contributed by atoms with Gasteiger partial charge in [-0.3, -0.25) is 4.79 Å². The summed E-state index contributed by atoms with van der Waals surface area (Å²) < 4.78 is 33.4. The Morgan fingerprint density at radius 2 is 1.48 bits per heavy atom. The monoisotopic (exact) mass is 457 g/mol. The lowest BCUT2D eigenvalue weighted by Gasteiger charge is -2.23. The molecule has 0 bridgehead atoms. The van der Waals surface area contributed by atoms with Crippen molar-refractivity contribution in [3.05, 3.63) is 84.4 Å². The number of aliphatic carboxylic acids is 1. The molecule has 0 aliphatic heterocycles. The van der Waals surface area contributed by atoms with Gasteiger partial charge < -0.3 is 9.84 Å². The maximum absolute atomic E-state index is 12.9. The van der Waals surface area contributed by atoms with Crippen molar-refractivity contribution in [1.82, 2.24) is 4.72 Å². The molecular formula is C23H23NO5S2. The van der Waals surface area contributed by atoms with Gasteiger partial charge >= 0.3 is 5.97 Å². The molecule has 3 aromatic carbocycles. The predicted octanol–water partition coefficient (Wildman–Crippen LogP) is 4.20. The van der Waals surface area contributed by atoms with Gasteiger partial charge in [0.25, 0.3) is 0 Å². The van der Waals surface area contributed by atoms with Crippen LogP contribution in [0.4, 0.5) is 0 Å². The summed E-state index contributed by atoms with van der Waals surface area (Å²) in [5.41, 5.74) is 2.48. The molecule has 0 amide bonds. The first-order valence-corrected chi connectivity index (χ1v) is 12.2. The minimum absolute atomic E-state index is 0.00364. The van der Waals surface area contributed by atoms with Gasteiger partial charge in [0.05, 0.1) is 17.3 Å². The zero-order valence-corrected chi connectivity index (χ0v) is 18.7.